The molecule has 18 heavy (non-hydrogen) atoms. The molecular weight excluding hydrogens is 224 g/mol. The van der Waals surface area contributed by atoms with Crippen LogP contribution >= 0.6 is 0 Å². The molecule has 2 rings (SSSR count). The highest BCUT2D eigenvalue weighted by Crippen LogP contribution is 2.22. The van der Waals surface area contributed by atoms with Gasteiger partial charge in [-0.2, -0.15) is 5.26 Å². The van der Waals surface area contributed by atoms with Crippen molar-refractivity contribution in [2.75, 3.05) is 18.0 Å². The van der Waals surface area contributed by atoms with E-state index in [0.717, 1.165) is 25.9 Å². The summed E-state index contributed by atoms with van der Waals surface area (Å²) in [4.78, 5) is 2.26. The third kappa shape index (κ3) is 3.48. The minimum atomic E-state index is 0.305. The lowest BCUT2D eigenvalue weighted by Crippen LogP contribution is -2.33. The quantitative estimate of drug-likeness (QED) is 0.799. The van der Waals surface area contributed by atoms with Crippen LogP contribution in [0.25, 0.3) is 0 Å². The van der Waals surface area contributed by atoms with E-state index in [0.29, 0.717) is 18.6 Å². The van der Waals surface area contributed by atoms with Crippen molar-refractivity contribution in [1.82, 2.24) is 0 Å². The molecule has 0 radical (unpaired) electrons. The van der Waals surface area contributed by atoms with E-state index < -0.39 is 0 Å². The Bertz CT molecular complexity index is 399. The van der Waals surface area contributed by atoms with E-state index in [9.17, 15) is 0 Å². The molecular formula is C15H20N2O. The van der Waals surface area contributed by atoms with E-state index >= 15 is 0 Å². The fourth-order valence-electron chi connectivity index (χ4n) is 2.41. The molecule has 1 saturated heterocycles. The second kappa shape index (κ2) is 6.42. The van der Waals surface area contributed by atoms with Crippen LogP contribution in [0.1, 0.15) is 26.2 Å². The highest BCUT2D eigenvalue weighted by Gasteiger charge is 2.23. The molecule has 96 valence electrons. The van der Waals surface area contributed by atoms with Crippen LogP contribution in [-0.4, -0.2) is 25.3 Å². The maximum atomic E-state index is 8.76. The van der Waals surface area contributed by atoms with Gasteiger partial charge in [-0.25, -0.2) is 0 Å². The molecule has 3 heteroatoms. The molecule has 2 unspecified atom stereocenters. The molecule has 1 aromatic carbocycles. The van der Waals surface area contributed by atoms with Crippen molar-refractivity contribution in [3.8, 4) is 6.07 Å². The molecule has 0 spiro atoms. The molecule has 0 aromatic heterocycles. The molecule has 0 amide bonds. The van der Waals surface area contributed by atoms with E-state index in [-0.39, 0.29) is 0 Å². The van der Waals surface area contributed by atoms with Crippen molar-refractivity contribution in [3.63, 3.8) is 0 Å². The normalized spacial score (nSPS) is 22.7. The molecule has 3 nitrogen and oxygen atoms in total. The number of nitrogens with zero attached hydrogens (tertiary/aromatic N) is 2. The van der Waals surface area contributed by atoms with Crippen molar-refractivity contribution in [2.45, 2.75) is 38.4 Å². The van der Waals surface area contributed by atoms with Gasteiger partial charge in [0.1, 0.15) is 0 Å². The number of benzene rings is 1. The average molecular weight is 244 g/mol. The largest absolute Gasteiger partial charge is 0.373 e. The molecule has 1 aliphatic rings. The lowest BCUT2D eigenvalue weighted by Gasteiger charge is -2.26. The van der Waals surface area contributed by atoms with Crippen molar-refractivity contribution >= 4 is 5.69 Å². The van der Waals surface area contributed by atoms with Gasteiger partial charge in [0.25, 0.3) is 0 Å². The Morgan fingerprint density at radius 3 is 2.72 bits per heavy atom. The Morgan fingerprint density at radius 2 is 2.11 bits per heavy atom. The third-order valence-corrected chi connectivity index (χ3v) is 3.36. The summed E-state index contributed by atoms with van der Waals surface area (Å²) in [5.74, 6) is 0. The standard InChI is InChI=1S/C15H20N2O/c1-13-8-9-15(18-13)12-17(11-5-10-16)14-6-3-2-4-7-14/h2-4,6-7,13,15H,5,8-9,11-12H2,1H3. The van der Waals surface area contributed by atoms with Gasteiger partial charge in [-0.3, -0.25) is 0 Å². The Hall–Kier alpha value is -1.53. The van der Waals surface area contributed by atoms with Crippen LogP contribution in [0.15, 0.2) is 30.3 Å². The number of ether oxygens (including phenoxy) is 1. The third-order valence-electron chi connectivity index (χ3n) is 3.36. The molecule has 0 bridgehead atoms. The smallest absolute Gasteiger partial charge is 0.0754 e. The zero-order valence-electron chi connectivity index (χ0n) is 10.9. The molecule has 0 saturated carbocycles. The van der Waals surface area contributed by atoms with E-state index in [1.807, 2.05) is 18.2 Å². The highest BCUT2D eigenvalue weighted by atomic mass is 16.5. The number of hydrogen-bond donors (Lipinski definition) is 0. The number of para-hydroxylation sites is 1. The Balaban J connectivity index is 1.99. The minimum absolute atomic E-state index is 0.305. The molecule has 0 N–H and O–H groups in total. The van der Waals surface area contributed by atoms with Gasteiger partial charge in [-0.05, 0) is 31.9 Å². The molecule has 1 heterocycles. The van der Waals surface area contributed by atoms with E-state index in [4.69, 9.17) is 10.00 Å². The zero-order valence-corrected chi connectivity index (χ0v) is 10.9. The Morgan fingerprint density at radius 1 is 1.33 bits per heavy atom. The van der Waals surface area contributed by atoms with Gasteiger partial charge in [-0.15, -0.1) is 0 Å². The fourth-order valence-corrected chi connectivity index (χ4v) is 2.41. The first kappa shape index (κ1) is 12.9. The van der Waals surface area contributed by atoms with Gasteiger partial charge in [0.2, 0.25) is 0 Å². The van der Waals surface area contributed by atoms with Gasteiger partial charge in [0, 0.05) is 18.8 Å². The first-order valence-corrected chi connectivity index (χ1v) is 6.62. The Labute approximate surface area is 109 Å². The lowest BCUT2D eigenvalue weighted by molar-refractivity contribution is 0.0600. The zero-order chi connectivity index (χ0) is 12.8. The SMILES string of the molecule is CC1CCC(CN(CCC#N)c2ccccc2)O1. The van der Waals surface area contributed by atoms with Crippen molar-refractivity contribution in [1.29, 1.82) is 5.26 Å². The van der Waals surface area contributed by atoms with Crippen LogP contribution in [0.3, 0.4) is 0 Å². The van der Waals surface area contributed by atoms with Crippen LogP contribution in [-0.2, 0) is 4.74 Å². The minimum Gasteiger partial charge on any atom is -0.373 e. The number of anilines is 1. The van der Waals surface area contributed by atoms with Crippen LogP contribution in [0.5, 0.6) is 0 Å². The summed E-state index contributed by atoms with van der Waals surface area (Å²) in [6.45, 7) is 3.78. The monoisotopic (exact) mass is 244 g/mol. The van der Waals surface area contributed by atoms with Crippen molar-refractivity contribution in [2.24, 2.45) is 0 Å². The Kier molecular flexibility index (Phi) is 4.60. The van der Waals surface area contributed by atoms with E-state index in [1.54, 1.807) is 0 Å². The predicted molar refractivity (Wildman–Crippen MR) is 72.5 cm³/mol. The van der Waals surface area contributed by atoms with E-state index in [1.165, 1.54) is 5.69 Å². The summed E-state index contributed by atoms with van der Waals surface area (Å²) >= 11 is 0. The molecule has 1 aromatic rings. The second-order valence-electron chi connectivity index (χ2n) is 4.84. The van der Waals surface area contributed by atoms with Gasteiger partial charge < -0.3 is 9.64 Å². The molecule has 1 aliphatic heterocycles. The molecule has 1 fully saturated rings. The van der Waals surface area contributed by atoms with Crippen LogP contribution in [0, 0.1) is 11.3 Å². The molecule has 2 atom stereocenters. The number of rotatable bonds is 5. The summed E-state index contributed by atoms with van der Waals surface area (Å²) in [5.41, 5.74) is 1.18. The van der Waals surface area contributed by atoms with Crippen molar-refractivity contribution < 1.29 is 4.74 Å². The predicted octanol–water partition coefficient (Wildman–Crippen LogP) is 2.97. The van der Waals surface area contributed by atoms with Gasteiger partial charge in [0.05, 0.1) is 24.7 Å². The number of hydrogen-bond acceptors (Lipinski definition) is 3. The van der Waals surface area contributed by atoms with Crippen LogP contribution in [0.2, 0.25) is 0 Å². The summed E-state index contributed by atoms with van der Waals surface area (Å²) < 4.78 is 5.87. The van der Waals surface area contributed by atoms with Crippen LogP contribution in [0.4, 0.5) is 5.69 Å². The van der Waals surface area contributed by atoms with Gasteiger partial charge >= 0.3 is 0 Å². The maximum absolute atomic E-state index is 8.76. The van der Waals surface area contributed by atoms with Crippen LogP contribution < -0.4 is 4.90 Å². The summed E-state index contributed by atoms with van der Waals surface area (Å²) in [6, 6.07) is 12.5. The highest BCUT2D eigenvalue weighted by molar-refractivity contribution is 5.46. The fraction of sp³-hybridized carbons (Fsp3) is 0.533. The summed E-state index contributed by atoms with van der Waals surface area (Å²) in [7, 11) is 0. The number of nitriles is 1. The van der Waals surface area contributed by atoms with Gasteiger partial charge in [0.15, 0.2) is 0 Å². The average Bonchev–Trinajstić information content (AvgIpc) is 2.81. The summed E-state index contributed by atoms with van der Waals surface area (Å²) in [5, 5.41) is 8.76. The maximum Gasteiger partial charge on any atom is 0.0754 e. The summed E-state index contributed by atoms with van der Waals surface area (Å²) in [6.07, 6.45) is 3.50. The van der Waals surface area contributed by atoms with Crippen molar-refractivity contribution in [3.05, 3.63) is 30.3 Å². The first-order chi connectivity index (χ1) is 8.79. The van der Waals surface area contributed by atoms with Gasteiger partial charge in [-0.1, -0.05) is 18.2 Å². The first-order valence-electron chi connectivity index (χ1n) is 6.62. The van der Waals surface area contributed by atoms with E-state index in [2.05, 4.69) is 30.0 Å². The lowest BCUT2D eigenvalue weighted by atomic mass is 10.2. The topological polar surface area (TPSA) is 36.3 Å². The second-order valence-corrected chi connectivity index (χ2v) is 4.84. The molecule has 0 aliphatic carbocycles.